The highest BCUT2D eigenvalue weighted by molar-refractivity contribution is 5.38. The molecule has 0 fully saturated rings. The topological polar surface area (TPSA) is 22.1 Å². The molecule has 1 aromatic rings. The molecule has 2 nitrogen and oxygen atoms in total. The van der Waals surface area contributed by atoms with Gasteiger partial charge in [0.25, 0.3) is 0 Å². The van der Waals surface area contributed by atoms with E-state index in [1.54, 1.807) is 0 Å². The van der Waals surface area contributed by atoms with Gasteiger partial charge in [0, 0.05) is 17.3 Å². The van der Waals surface area contributed by atoms with E-state index in [2.05, 4.69) is 4.98 Å². The van der Waals surface area contributed by atoms with E-state index in [1.807, 2.05) is 0 Å². The van der Waals surface area contributed by atoms with E-state index >= 15 is 0 Å². The lowest BCUT2D eigenvalue weighted by Gasteiger charge is -2.13. The number of hydrogen-bond acceptors (Lipinski definition) is 2. The molecular formula is C9H10F3NO. The smallest absolute Gasteiger partial charge is 0.433 e. The van der Waals surface area contributed by atoms with E-state index in [-0.39, 0.29) is 11.3 Å². The van der Waals surface area contributed by atoms with Crippen LogP contribution in [-0.4, -0.2) is 12.1 Å². The van der Waals surface area contributed by atoms with Crippen LogP contribution in [0.5, 0.6) is 5.75 Å². The average Bonchev–Trinajstić information content (AvgIpc) is 2.06. The Morgan fingerprint density at radius 3 is 2.29 bits per heavy atom. The first-order valence-corrected chi connectivity index (χ1v) is 3.95. The maximum Gasteiger partial charge on any atom is 0.433 e. The molecule has 0 saturated heterocycles. The molecule has 0 amide bonds. The largest absolute Gasteiger partial charge is 0.496 e. The maximum atomic E-state index is 12.4. The van der Waals surface area contributed by atoms with Gasteiger partial charge >= 0.3 is 6.18 Å². The molecule has 0 N–H and O–H groups in total. The van der Waals surface area contributed by atoms with Crippen LogP contribution in [-0.2, 0) is 6.18 Å². The third kappa shape index (κ3) is 1.97. The predicted octanol–water partition coefficient (Wildman–Crippen LogP) is 2.73. The molecule has 0 bridgehead atoms. The molecule has 14 heavy (non-hydrogen) atoms. The maximum absolute atomic E-state index is 12.4. The third-order valence-electron chi connectivity index (χ3n) is 1.84. The summed E-state index contributed by atoms with van der Waals surface area (Å²) in [4.78, 5) is 3.45. The fraction of sp³-hybridized carbons (Fsp3) is 0.444. The zero-order valence-corrected chi connectivity index (χ0v) is 8.07. The van der Waals surface area contributed by atoms with Crippen molar-refractivity contribution < 1.29 is 17.9 Å². The SMILES string of the molecule is COc1cc(C)nc(C(F)(F)F)c1C. The molecule has 0 aliphatic carbocycles. The number of hydrogen-bond donors (Lipinski definition) is 0. The number of rotatable bonds is 1. The van der Waals surface area contributed by atoms with Crippen LogP contribution in [0.4, 0.5) is 13.2 Å². The van der Waals surface area contributed by atoms with Gasteiger partial charge in [-0.3, -0.25) is 0 Å². The average molecular weight is 205 g/mol. The molecule has 1 rings (SSSR count). The molecular weight excluding hydrogens is 195 g/mol. The quantitative estimate of drug-likeness (QED) is 0.703. The Hall–Kier alpha value is -1.26. The Balaban J connectivity index is 3.37. The van der Waals surface area contributed by atoms with Gasteiger partial charge in [0.05, 0.1) is 7.11 Å². The minimum Gasteiger partial charge on any atom is -0.496 e. The number of ether oxygens (including phenoxy) is 1. The van der Waals surface area contributed by atoms with Crippen LogP contribution in [0.15, 0.2) is 6.07 Å². The number of pyridine rings is 1. The molecule has 5 heteroatoms. The van der Waals surface area contributed by atoms with Crippen molar-refractivity contribution in [2.75, 3.05) is 7.11 Å². The van der Waals surface area contributed by atoms with Crippen molar-refractivity contribution in [2.45, 2.75) is 20.0 Å². The zero-order chi connectivity index (χ0) is 10.9. The molecule has 0 aliphatic rings. The first-order chi connectivity index (χ1) is 6.36. The van der Waals surface area contributed by atoms with E-state index in [0.717, 1.165) is 0 Å². The molecule has 0 aliphatic heterocycles. The van der Waals surface area contributed by atoms with Crippen LogP contribution < -0.4 is 4.74 Å². The highest BCUT2D eigenvalue weighted by atomic mass is 19.4. The van der Waals surface area contributed by atoms with Gasteiger partial charge in [0.1, 0.15) is 5.75 Å². The van der Waals surface area contributed by atoms with Crippen LogP contribution in [0.2, 0.25) is 0 Å². The molecule has 0 aromatic carbocycles. The first-order valence-electron chi connectivity index (χ1n) is 3.95. The fourth-order valence-corrected chi connectivity index (χ4v) is 1.20. The van der Waals surface area contributed by atoms with E-state index in [9.17, 15) is 13.2 Å². The number of aromatic nitrogens is 1. The molecule has 1 heterocycles. The van der Waals surface area contributed by atoms with Crippen molar-refractivity contribution in [3.8, 4) is 5.75 Å². The van der Waals surface area contributed by atoms with Crippen molar-refractivity contribution >= 4 is 0 Å². The second-order valence-electron chi connectivity index (χ2n) is 2.94. The lowest BCUT2D eigenvalue weighted by molar-refractivity contribution is -0.141. The number of halogens is 3. The summed E-state index contributed by atoms with van der Waals surface area (Å²) in [6.07, 6.45) is -4.43. The van der Waals surface area contributed by atoms with Crippen LogP contribution in [0, 0.1) is 13.8 Å². The third-order valence-corrected chi connectivity index (χ3v) is 1.84. The minimum atomic E-state index is -4.43. The van der Waals surface area contributed by atoms with Gasteiger partial charge in [0.2, 0.25) is 0 Å². The van der Waals surface area contributed by atoms with E-state index in [0.29, 0.717) is 5.69 Å². The Morgan fingerprint density at radius 2 is 1.86 bits per heavy atom. The molecule has 0 saturated carbocycles. The van der Waals surface area contributed by atoms with Gasteiger partial charge < -0.3 is 4.74 Å². The summed E-state index contributed by atoms with van der Waals surface area (Å²) < 4.78 is 42.1. The number of methoxy groups -OCH3 is 1. The van der Waals surface area contributed by atoms with Crippen LogP contribution >= 0.6 is 0 Å². The normalized spacial score (nSPS) is 11.6. The monoisotopic (exact) mass is 205 g/mol. The fourth-order valence-electron chi connectivity index (χ4n) is 1.20. The molecule has 0 radical (unpaired) electrons. The Kier molecular flexibility index (Phi) is 2.69. The summed E-state index contributed by atoms with van der Waals surface area (Å²) in [5.41, 5.74) is -0.570. The Labute approximate surface area is 79.7 Å². The van der Waals surface area contributed by atoms with Gasteiger partial charge in [-0.1, -0.05) is 0 Å². The Bertz CT molecular complexity index is 347. The van der Waals surface area contributed by atoms with E-state index in [1.165, 1.54) is 27.0 Å². The molecule has 0 spiro atoms. The molecule has 78 valence electrons. The zero-order valence-electron chi connectivity index (χ0n) is 8.07. The number of alkyl halides is 3. The van der Waals surface area contributed by atoms with Gasteiger partial charge in [-0.15, -0.1) is 0 Å². The van der Waals surface area contributed by atoms with Crippen LogP contribution in [0.3, 0.4) is 0 Å². The molecule has 0 atom stereocenters. The number of nitrogens with zero attached hydrogens (tertiary/aromatic N) is 1. The highest BCUT2D eigenvalue weighted by Gasteiger charge is 2.35. The predicted molar refractivity (Wildman–Crippen MR) is 45.3 cm³/mol. The highest BCUT2D eigenvalue weighted by Crippen LogP contribution is 2.34. The summed E-state index contributed by atoms with van der Waals surface area (Å²) in [6.45, 7) is 2.84. The second-order valence-corrected chi connectivity index (χ2v) is 2.94. The van der Waals surface area contributed by atoms with Crippen molar-refractivity contribution in [3.63, 3.8) is 0 Å². The summed E-state index contributed by atoms with van der Waals surface area (Å²) in [6, 6.07) is 1.48. The van der Waals surface area contributed by atoms with Gasteiger partial charge in [-0.2, -0.15) is 13.2 Å². The molecule has 0 unspecified atom stereocenters. The van der Waals surface area contributed by atoms with Crippen LogP contribution in [0.25, 0.3) is 0 Å². The summed E-state index contributed by atoms with van der Waals surface area (Å²) in [5, 5.41) is 0. The summed E-state index contributed by atoms with van der Waals surface area (Å²) in [5.74, 6) is 0.213. The van der Waals surface area contributed by atoms with E-state index < -0.39 is 11.9 Å². The minimum absolute atomic E-state index is 0.0191. The summed E-state index contributed by atoms with van der Waals surface area (Å²) >= 11 is 0. The lowest BCUT2D eigenvalue weighted by Crippen LogP contribution is -2.12. The Morgan fingerprint density at radius 1 is 1.29 bits per heavy atom. The van der Waals surface area contributed by atoms with Crippen LogP contribution in [0.1, 0.15) is 17.0 Å². The lowest BCUT2D eigenvalue weighted by atomic mass is 10.1. The van der Waals surface area contributed by atoms with Crippen molar-refractivity contribution in [1.29, 1.82) is 0 Å². The molecule has 1 aromatic heterocycles. The van der Waals surface area contributed by atoms with Crippen molar-refractivity contribution in [2.24, 2.45) is 0 Å². The van der Waals surface area contributed by atoms with Gasteiger partial charge in [0.15, 0.2) is 5.69 Å². The van der Waals surface area contributed by atoms with E-state index in [4.69, 9.17) is 4.74 Å². The second kappa shape index (κ2) is 3.48. The van der Waals surface area contributed by atoms with Gasteiger partial charge in [-0.05, 0) is 13.8 Å². The van der Waals surface area contributed by atoms with Gasteiger partial charge in [-0.25, -0.2) is 4.98 Å². The number of aryl methyl sites for hydroxylation is 1. The van der Waals surface area contributed by atoms with Crippen molar-refractivity contribution in [3.05, 3.63) is 23.0 Å². The standard InChI is InChI=1S/C9H10F3NO/c1-5-4-7(14-3)6(2)8(13-5)9(10,11)12/h4H,1-3H3. The van der Waals surface area contributed by atoms with Crippen molar-refractivity contribution in [1.82, 2.24) is 4.98 Å². The first kappa shape index (κ1) is 10.8. The summed E-state index contributed by atoms with van der Waals surface area (Å²) in [7, 11) is 1.34.